The molecule has 1 unspecified atom stereocenters. The smallest absolute Gasteiger partial charge is 0.176 e. The fraction of sp³-hybridized carbons (Fsp3) is 0.222. The summed E-state index contributed by atoms with van der Waals surface area (Å²) in [5.74, 6) is 3.69. The van der Waals surface area contributed by atoms with Gasteiger partial charge in [0.1, 0.15) is 24.7 Å². The number of rotatable bonds is 7. The Bertz CT molecular complexity index is 688. The summed E-state index contributed by atoms with van der Waals surface area (Å²) in [7, 11) is 1.57. The Morgan fingerprint density at radius 1 is 1.09 bits per heavy atom. The molecule has 0 aliphatic carbocycles. The van der Waals surface area contributed by atoms with Crippen molar-refractivity contribution in [2.45, 2.75) is 5.60 Å². The van der Waals surface area contributed by atoms with Gasteiger partial charge in [-0.05, 0) is 24.3 Å². The van der Waals surface area contributed by atoms with Gasteiger partial charge in [0.2, 0.25) is 0 Å². The highest BCUT2D eigenvalue weighted by molar-refractivity contribution is 5.46. The number of benzene rings is 2. The van der Waals surface area contributed by atoms with Gasteiger partial charge in [-0.3, -0.25) is 0 Å². The van der Waals surface area contributed by atoms with Crippen LogP contribution in [0.3, 0.4) is 0 Å². The Kier molecular flexibility index (Phi) is 5.34. The van der Waals surface area contributed by atoms with Gasteiger partial charge in [0.25, 0.3) is 0 Å². The minimum Gasteiger partial charge on any atom is -0.497 e. The van der Waals surface area contributed by atoms with Crippen LogP contribution >= 0.6 is 0 Å². The van der Waals surface area contributed by atoms with Crippen LogP contribution in [0.2, 0.25) is 0 Å². The SMILES string of the molecule is C#CC(O)(c1ccc(OC)cc1)c1ccc(OCCN=O)cc1. The summed E-state index contributed by atoms with van der Waals surface area (Å²) in [6.07, 6.45) is 5.57. The predicted molar refractivity (Wildman–Crippen MR) is 87.4 cm³/mol. The zero-order chi connectivity index (χ0) is 16.7. The zero-order valence-corrected chi connectivity index (χ0v) is 12.7. The van der Waals surface area contributed by atoms with E-state index >= 15 is 0 Å². The van der Waals surface area contributed by atoms with Gasteiger partial charge < -0.3 is 14.6 Å². The third-order valence-corrected chi connectivity index (χ3v) is 3.44. The van der Waals surface area contributed by atoms with Crippen LogP contribution < -0.4 is 9.47 Å². The minimum absolute atomic E-state index is 0.0852. The molecule has 5 nitrogen and oxygen atoms in total. The van der Waals surface area contributed by atoms with Gasteiger partial charge in [-0.15, -0.1) is 6.42 Å². The third kappa shape index (κ3) is 3.68. The van der Waals surface area contributed by atoms with Gasteiger partial charge in [0.05, 0.1) is 7.11 Å². The second-order valence-corrected chi connectivity index (χ2v) is 4.81. The average Bonchev–Trinajstić information content (AvgIpc) is 2.62. The molecule has 118 valence electrons. The van der Waals surface area contributed by atoms with Crippen molar-refractivity contribution < 1.29 is 14.6 Å². The minimum atomic E-state index is -1.55. The molecule has 0 saturated heterocycles. The quantitative estimate of drug-likeness (QED) is 0.485. The topological polar surface area (TPSA) is 68.1 Å². The first kappa shape index (κ1) is 16.5. The summed E-state index contributed by atoms with van der Waals surface area (Å²) in [6.45, 7) is 0.294. The Balaban J connectivity index is 2.24. The molecule has 1 atom stereocenters. The summed E-state index contributed by atoms with van der Waals surface area (Å²) in [4.78, 5) is 10.0. The lowest BCUT2D eigenvalue weighted by molar-refractivity contribution is 0.145. The summed E-state index contributed by atoms with van der Waals surface area (Å²) in [6, 6.07) is 13.7. The lowest BCUT2D eigenvalue weighted by Gasteiger charge is -2.23. The van der Waals surface area contributed by atoms with Gasteiger partial charge in [-0.1, -0.05) is 35.4 Å². The van der Waals surface area contributed by atoms with Crippen molar-refractivity contribution in [3.05, 3.63) is 64.6 Å². The normalized spacial score (nSPS) is 12.7. The van der Waals surface area contributed by atoms with Crippen molar-refractivity contribution in [1.82, 2.24) is 0 Å². The largest absolute Gasteiger partial charge is 0.497 e. The Labute approximate surface area is 134 Å². The number of aliphatic hydroxyl groups is 1. The molecule has 0 heterocycles. The van der Waals surface area contributed by atoms with Crippen LogP contribution in [0.1, 0.15) is 11.1 Å². The average molecular weight is 311 g/mol. The molecule has 0 aromatic heterocycles. The second-order valence-electron chi connectivity index (χ2n) is 4.81. The molecule has 5 heteroatoms. The van der Waals surface area contributed by atoms with Gasteiger partial charge in [0, 0.05) is 11.1 Å². The third-order valence-electron chi connectivity index (χ3n) is 3.44. The highest BCUT2D eigenvalue weighted by Gasteiger charge is 2.29. The van der Waals surface area contributed by atoms with Gasteiger partial charge in [0.15, 0.2) is 5.60 Å². The number of terminal acetylenes is 1. The monoisotopic (exact) mass is 311 g/mol. The molecule has 2 rings (SSSR count). The maximum absolute atomic E-state index is 10.9. The number of nitrogens with zero attached hydrogens (tertiary/aromatic N) is 1. The first-order valence-electron chi connectivity index (χ1n) is 7.01. The number of nitroso groups, excluding NO2 is 1. The molecule has 2 aromatic rings. The van der Waals surface area contributed by atoms with Gasteiger partial charge in [-0.2, -0.15) is 4.91 Å². The lowest BCUT2D eigenvalue weighted by atomic mass is 9.87. The van der Waals surface area contributed by atoms with Crippen LogP contribution in [0.4, 0.5) is 0 Å². The molecule has 0 saturated carbocycles. The Hall–Kier alpha value is -2.84. The van der Waals surface area contributed by atoms with E-state index in [-0.39, 0.29) is 13.2 Å². The fourth-order valence-electron chi connectivity index (χ4n) is 2.16. The van der Waals surface area contributed by atoms with Crippen LogP contribution in [-0.4, -0.2) is 25.4 Å². The fourth-order valence-corrected chi connectivity index (χ4v) is 2.16. The van der Waals surface area contributed by atoms with Crippen LogP contribution in [0.25, 0.3) is 0 Å². The maximum atomic E-state index is 10.9. The van der Waals surface area contributed by atoms with Gasteiger partial charge in [-0.25, -0.2) is 0 Å². The van der Waals surface area contributed by atoms with E-state index < -0.39 is 5.60 Å². The molecule has 0 radical (unpaired) electrons. The molecule has 0 fully saturated rings. The molecule has 0 amide bonds. The van der Waals surface area contributed by atoms with E-state index in [1.165, 1.54) is 0 Å². The van der Waals surface area contributed by atoms with Gasteiger partial charge >= 0.3 is 0 Å². The standard InChI is InChI=1S/C18H17NO4/c1-3-18(20,14-4-8-16(22-2)9-5-14)15-6-10-17(11-7-15)23-13-12-19-21/h1,4-11,20H,12-13H2,2H3. The summed E-state index contributed by atoms with van der Waals surface area (Å²) < 4.78 is 10.4. The molecular weight excluding hydrogens is 294 g/mol. The number of methoxy groups -OCH3 is 1. The van der Waals surface area contributed by atoms with Crippen molar-refractivity contribution in [3.8, 4) is 23.8 Å². The lowest BCUT2D eigenvalue weighted by Crippen LogP contribution is -2.24. The highest BCUT2D eigenvalue weighted by Crippen LogP contribution is 2.31. The number of hydrogen-bond donors (Lipinski definition) is 1. The molecule has 0 bridgehead atoms. The van der Waals surface area contributed by atoms with Crippen molar-refractivity contribution in [2.75, 3.05) is 20.3 Å². The second kappa shape index (κ2) is 7.43. The molecule has 0 aliphatic heterocycles. The molecule has 0 spiro atoms. The van der Waals surface area contributed by atoms with E-state index in [4.69, 9.17) is 15.9 Å². The molecule has 2 aromatic carbocycles. The van der Waals surface area contributed by atoms with Crippen molar-refractivity contribution in [1.29, 1.82) is 0 Å². The van der Waals surface area contributed by atoms with E-state index in [1.807, 2.05) is 0 Å². The van der Waals surface area contributed by atoms with E-state index in [9.17, 15) is 10.0 Å². The van der Waals surface area contributed by atoms with Crippen molar-refractivity contribution in [3.63, 3.8) is 0 Å². The molecular formula is C18H17NO4. The molecule has 1 N–H and O–H groups in total. The first-order valence-corrected chi connectivity index (χ1v) is 7.01. The van der Waals surface area contributed by atoms with Crippen LogP contribution in [0.15, 0.2) is 53.7 Å². The Morgan fingerprint density at radius 2 is 1.61 bits per heavy atom. The molecule has 23 heavy (non-hydrogen) atoms. The van der Waals surface area contributed by atoms with E-state index in [0.717, 1.165) is 0 Å². The van der Waals surface area contributed by atoms with Crippen LogP contribution in [-0.2, 0) is 5.60 Å². The summed E-state index contributed by atoms with van der Waals surface area (Å²) in [5.41, 5.74) is -0.430. The zero-order valence-electron chi connectivity index (χ0n) is 12.7. The molecule has 0 aliphatic rings. The van der Waals surface area contributed by atoms with Crippen molar-refractivity contribution >= 4 is 0 Å². The van der Waals surface area contributed by atoms with Crippen molar-refractivity contribution in [2.24, 2.45) is 5.18 Å². The number of ether oxygens (including phenoxy) is 2. The number of hydrogen-bond acceptors (Lipinski definition) is 5. The van der Waals surface area contributed by atoms with E-state index in [1.54, 1.807) is 55.6 Å². The van der Waals surface area contributed by atoms with E-state index in [0.29, 0.717) is 22.6 Å². The highest BCUT2D eigenvalue weighted by atomic mass is 16.5. The van der Waals surface area contributed by atoms with E-state index in [2.05, 4.69) is 11.1 Å². The summed E-state index contributed by atoms with van der Waals surface area (Å²) >= 11 is 0. The van der Waals surface area contributed by atoms with Crippen LogP contribution in [0.5, 0.6) is 11.5 Å². The maximum Gasteiger partial charge on any atom is 0.176 e. The predicted octanol–water partition coefficient (Wildman–Crippen LogP) is 2.71. The Morgan fingerprint density at radius 3 is 2.04 bits per heavy atom. The van der Waals surface area contributed by atoms with Crippen LogP contribution in [0, 0.1) is 17.3 Å². The first-order chi connectivity index (χ1) is 11.1. The summed E-state index contributed by atoms with van der Waals surface area (Å²) in [5, 5.41) is 13.6.